The number of fused-ring (bicyclic) bond motifs is 1. The number of carbonyl (C=O) groups excluding carboxylic acids is 2. The van der Waals surface area contributed by atoms with Crippen LogP contribution in [0.15, 0.2) is 36.4 Å². The summed E-state index contributed by atoms with van der Waals surface area (Å²) in [6.45, 7) is 9.06. The second-order valence-electron chi connectivity index (χ2n) is 11.2. The molecule has 4 rings (SSSR count). The van der Waals surface area contributed by atoms with Gasteiger partial charge >= 0.3 is 12.1 Å². The van der Waals surface area contributed by atoms with Crippen molar-refractivity contribution < 1.29 is 28.5 Å². The molecule has 1 unspecified atom stereocenters. The molecule has 3 N–H and O–H groups in total. The molecule has 218 valence electrons. The van der Waals surface area contributed by atoms with E-state index in [-0.39, 0.29) is 12.2 Å². The number of urea groups is 1. The highest BCUT2D eigenvalue weighted by Gasteiger charge is 2.33. The summed E-state index contributed by atoms with van der Waals surface area (Å²) in [7, 11) is 0. The van der Waals surface area contributed by atoms with Gasteiger partial charge < -0.3 is 34.9 Å². The van der Waals surface area contributed by atoms with Gasteiger partial charge in [0, 0.05) is 44.9 Å². The van der Waals surface area contributed by atoms with Crippen molar-refractivity contribution in [1.82, 2.24) is 4.90 Å². The lowest BCUT2D eigenvalue weighted by atomic mass is 10.0. The van der Waals surface area contributed by atoms with Crippen molar-refractivity contribution in [3.05, 3.63) is 58.7 Å². The number of nitrogens with zero attached hydrogens (tertiary/aromatic N) is 1. The molecule has 2 aliphatic heterocycles. The summed E-state index contributed by atoms with van der Waals surface area (Å²) in [6, 6.07) is 11.4. The van der Waals surface area contributed by atoms with Crippen LogP contribution in [0.1, 0.15) is 80.7 Å². The lowest BCUT2D eigenvalue weighted by molar-refractivity contribution is -0.180. The van der Waals surface area contributed by atoms with E-state index in [1.165, 1.54) is 5.56 Å². The molecule has 2 aromatic carbocycles. The molecule has 9 heteroatoms. The maximum atomic E-state index is 12.4. The number of anilines is 1. The average molecular weight is 554 g/mol. The first-order valence-corrected chi connectivity index (χ1v) is 14.3. The number of hydrogen-bond acceptors (Lipinski definition) is 6. The fraction of sp³-hybridized carbons (Fsp3) is 0.548. The zero-order valence-electron chi connectivity index (χ0n) is 24.0. The molecule has 0 bridgehead atoms. The highest BCUT2D eigenvalue weighted by atomic mass is 16.7. The minimum absolute atomic E-state index is 0.245. The Balaban J connectivity index is 1.04. The van der Waals surface area contributed by atoms with Gasteiger partial charge in [0.1, 0.15) is 11.9 Å². The summed E-state index contributed by atoms with van der Waals surface area (Å²) >= 11 is 0. The van der Waals surface area contributed by atoms with E-state index in [1.54, 1.807) is 4.90 Å². The van der Waals surface area contributed by atoms with E-state index in [2.05, 4.69) is 11.4 Å². The number of primary amides is 1. The van der Waals surface area contributed by atoms with Crippen LogP contribution in [-0.4, -0.2) is 49.1 Å². The lowest BCUT2D eigenvalue weighted by Gasteiger charge is -2.32. The van der Waals surface area contributed by atoms with Crippen LogP contribution >= 0.6 is 0 Å². The number of aryl methyl sites for hydroxylation is 2. The quantitative estimate of drug-likeness (QED) is 0.269. The smallest absolute Gasteiger partial charge is 0.410 e. The molecule has 2 heterocycles. The van der Waals surface area contributed by atoms with E-state index in [9.17, 15) is 9.59 Å². The summed E-state index contributed by atoms with van der Waals surface area (Å²) in [5.74, 6) is 0.195. The molecule has 2 aliphatic rings. The Labute approximate surface area is 237 Å². The van der Waals surface area contributed by atoms with Gasteiger partial charge in [-0.3, -0.25) is 0 Å². The number of rotatable bonds is 14. The number of unbranched alkanes of at least 4 members (excludes halogenated alkanes) is 4. The number of nitrogens with one attached hydrogen (secondary N) is 1. The Morgan fingerprint density at radius 2 is 1.85 bits per heavy atom. The Hall–Kier alpha value is -3.30. The van der Waals surface area contributed by atoms with Crippen LogP contribution in [0.25, 0.3) is 0 Å². The molecule has 0 spiro atoms. The summed E-state index contributed by atoms with van der Waals surface area (Å²) < 4.78 is 23.1. The van der Waals surface area contributed by atoms with Gasteiger partial charge in [-0.1, -0.05) is 25.0 Å². The Kier molecular flexibility index (Phi) is 10.3. The number of benzene rings is 2. The van der Waals surface area contributed by atoms with Gasteiger partial charge in [0.25, 0.3) is 0 Å². The lowest BCUT2D eigenvalue weighted by Crippen LogP contribution is -2.35. The molecular weight excluding hydrogens is 510 g/mol. The minimum atomic E-state index is -0.627. The first kappa shape index (κ1) is 29.7. The van der Waals surface area contributed by atoms with E-state index in [1.807, 2.05) is 51.1 Å². The number of amides is 3. The van der Waals surface area contributed by atoms with Crippen LogP contribution in [0.4, 0.5) is 15.3 Å². The maximum Gasteiger partial charge on any atom is 0.410 e. The zero-order valence-corrected chi connectivity index (χ0v) is 24.0. The summed E-state index contributed by atoms with van der Waals surface area (Å²) in [6.07, 6.45) is 6.54. The molecule has 3 amide bonds. The normalized spacial score (nSPS) is 17.7. The molecule has 9 nitrogen and oxygen atoms in total. The molecule has 1 fully saturated rings. The van der Waals surface area contributed by atoms with Crippen LogP contribution in [0.3, 0.4) is 0 Å². The van der Waals surface area contributed by atoms with Crippen molar-refractivity contribution in [3.8, 4) is 5.75 Å². The van der Waals surface area contributed by atoms with Gasteiger partial charge in [0.15, 0.2) is 0 Å². The van der Waals surface area contributed by atoms with E-state index in [4.69, 9.17) is 24.7 Å². The van der Waals surface area contributed by atoms with Crippen LogP contribution in [0, 0.1) is 6.92 Å². The predicted octanol–water partition coefficient (Wildman–Crippen LogP) is 6.22. The number of carbonyl (C=O) groups is 2. The predicted molar refractivity (Wildman–Crippen MR) is 153 cm³/mol. The topological polar surface area (TPSA) is 112 Å². The maximum absolute atomic E-state index is 12.4. The molecule has 40 heavy (non-hydrogen) atoms. The minimum Gasteiger partial charge on any atom is -0.463 e. The third-order valence-corrected chi connectivity index (χ3v) is 7.15. The van der Waals surface area contributed by atoms with Crippen LogP contribution in [0.2, 0.25) is 0 Å². The summed E-state index contributed by atoms with van der Waals surface area (Å²) in [5, 5.41) is 2.64. The van der Waals surface area contributed by atoms with Gasteiger partial charge in [-0.15, -0.1) is 0 Å². The monoisotopic (exact) mass is 553 g/mol. The highest BCUT2D eigenvalue weighted by molar-refractivity contribution is 5.88. The Bertz CT molecular complexity index is 1170. The molecule has 1 atom stereocenters. The van der Waals surface area contributed by atoms with Gasteiger partial charge in [0.05, 0.1) is 13.2 Å². The second-order valence-corrected chi connectivity index (χ2v) is 11.2. The fourth-order valence-electron chi connectivity index (χ4n) is 5.14. The zero-order chi connectivity index (χ0) is 28.5. The van der Waals surface area contributed by atoms with Crippen molar-refractivity contribution in [2.45, 2.75) is 84.2 Å². The van der Waals surface area contributed by atoms with Gasteiger partial charge in [0.2, 0.25) is 5.79 Å². The van der Waals surface area contributed by atoms with E-state index in [0.717, 1.165) is 86.3 Å². The summed E-state index contributed by atoms with van der Waals surface area (Å²) in [4.78, 5) is 25.3. The van der Waals surface area contributed by atoms with Crippen LogP contribution < -0.4 is 15.8 Å². The third kappa shape index (κ3) is 8.86. The van der Waals surface area contributed by atoms with Crippen molar-refractivity contribution >= 4 is 17.8 Å². The number of hydrogen-bond donors (Lipinski definition) is 2. The highest BCUT2D eigenvalue weighted by Crippen LogP contribution is 2.35. The molecular formula is C31H43N3O6. The molecule has 0 saturated carbocycles. The largest absolute Gasteiger partial charge is 0.463 e. The summed E-state index contributed by atoms with van der Waals surface area (Å²) in [5.41, 5.74) is 10.2. The van der Waals surface area contributed by atoms with Gasteiger partial charge in [-0.2, -0.15) is 0 Å². The second kappa shape index (κ2) is 13.9. The Morgan fingerprint density at radius 1 is 1.07 bits per heavy atom. The molecule has 2 aromatic rings. The average Bonchev–Trinajstić information content (AvgIpc) is 3.26. The SMILES string of the molecule is Cc1cc(CCCCOCCCCCCN2CC(c3ccc4c(c3)COC(C)(C)O4)OC2=O)cc(NC(N)=O)c1. The number of cyclic esters (lactones) is 1. The van der Waals surface area contributed by atoms with Crippen molar-refractivity contribution in [1.29, 1.82) is 0 Å². The van der Waals surface area contributed by atoms with Crippen LogP contribution in [-0.2, 0) is 27.2 Å². The van der Waals surface area contributed by atoms with Crippen molar-refractivity contribution in [2.75, 3.05) is 31.6 Å². The molecule has 1 saturated heterocycles. The van der Waals surface area contributed by atoms with E-state index < -0.39 is 11.8 Å². The van der Waals surface area contributed by atoms with Gasteiger partial charge in [-0.25, -0.2) is 9.59 Å². The van der Waals surface area contributed by atoms with E-state index in [0.29, 0.717) is 19.7 Å². The van der Waals surface area contributed by atoms with Gasteiger partial charge in [-0.05, 0) is 80.0 Å². The first-order valence-electron chi connectivity index (χ1n) is 14.3. The third-order valence-electron chi connectivity index (χ3n) is 7.15. The number of nitrogens with two attached hydrogens (primary N) is 1. The fourth-order valence-corrected chi connectivity index (χ4v) is 5.14. The Morgan fingerprint density at radius 3 is 2.65 bits per heavy atom. The van der Waals surface area contributed by atoms with Crippen molar-refractivity contribution in [2.24, 2.45) is 5.73 Å². The standard InChI is InChI=1S/C31H43N3O6/c1-22-16-23(18-26(17-22)33-29(32)35)10-6-9-15-37-14-8-5-4-7-13-34-20-28(39-30(34)36)24-11-12-27-25(19-24)21-38-31(2,3)40-27/h11-12,16-19,28H,4-10,13-15,20-21H2,1-3H3,(H3,32,33,35). The molecule has 0 aromatic heterocycles. The molecule has 0 radical (unpaired) electrons. The van der Waals surface area contributed by atoms with Crippen LogP contribution in [0.5, 0.6) is 5.75 Å². The van der Waals surface area contributed by atoms with E-state index >= 15 is 0 Å². The van der Waals surface area contributed by atoms with Crippen molar-refractivity contribution in [3.63, 3.8) is 0 Å². The first-order chi connectivity index (χ1) is 19.2. The molecule has 0 aliphatic carbocycles. The number of ether oxygens (including phenoxy) is 4.